The summed E-state index contributed by atoms with van der Waals surface area (Å²) in [6, 6.07) is 15.8. The zero-order valence-electron chi connectivity index (χ0n) is 26.7. The average Bonchev–Trinajstić information content (AvgIpc) is 3.83. The van der Waals surface area contributed by atoms with E-state index in [0.717, 1.165) is 34.5 Å². The molecule has 6 aromatic rings. The van der Waals surface area contributed by atoms with E-state index in [1.807, 2.05) is 53.5 Å². The highest BCUT2D eigenvalue weighted by atomic mass is 19.1. The molecule has 0 saturated carbocycles. The van der Waals surface area contributed by atoms with Crippen LogP contribution in [0.3, 0.4) is 0 Å². The summed E-state index contributed by atoms with van der Waals surface area (Å²) in [4.78, 5) is 37.0. The van der Waals surface area contributed by atoms with E-state index in [1.165, 1.54) is 18.5 Å². The van der Waals surface area contributed by atoms with Crippen molar-refractivity contribution in [3.63, 3.8) is 0 Å². The predicted molar refractivity (Wildman–Crippen MR) is 180 cm³/mol. The maximum Gasteiger partial charge on any atom is 0.245 e. The van der Waals surface area contributed by atoms with Gasteiger partial charge in [0.1, 0.15) is 47.4 Å². The molecule has 3 aliphatic heterocycles. The predicted octanol–water partition coefficient (Wildman–Crippen LogP) is 4.07. The zero-order valence-corrected chi connectivity index (χ0v) is 26.7. The van der Waals surface area contributed by atoms with E-state index >= 15 is 0 Å². The highest BCUT2D eigenvalue weighted by Crippen LogP contribution is 2.35. The van der Waals surface area contributed by atoms with Crippen LogP contribution in [-0.2, 0) is 16.1 Å². The van der Waals surface area contributed by atoms with Gasteiger partial charge in [0, 0.05) is 44.4 Å². The van der Waals surface area contributed by atoms with E-state index in [1.54, 1.807) is 16.9 Å². The number of aromatic nitrogens is 7. The second-order valence-corrected chi connectivity index (χ2v) is 12.8. The van der Waals surface area contributed by atoms with Crippen LogP contribution in [0.15, 0.2) is 73.4 Å². The Balaban J connectivity index is 1.09. The maximum absolute atomic E-state index is 14.3. The number of nitrogens with one attached hydrogen (secondary N) is 1. The Labute approximate surface area is 280 Å². The Morgan fingerprint density at radius 3 is 2.82 bits per heavy atom. The number of amides is 1. The largest absolute Gasteiger partial charge is 0.483 e. The fourth-order valence-electron chi connectivity index (χ4n) is 7.08. The summed E-state index contributed by atoms with van der Waals surface area (Å²) >= 11 is 0. The molecule has 248 valence electrons. The number of ether oxygens (including phenoxy) is 2. The smallest absolute Gasteiger partial charge is 0.245 e. The Morgan fingerprint density at radius 1 is 1.04 bits per heavy atom. The summed E-state index contributed by atoms with van der Waals surface area (Å²) in [5, 5.41) is 8.93. The number of carbonyl (C=O) groups excluding carboxylic acids is 1. The van der Waals surface area contributed by atoms with Crippen LogP contribution in [0.5, 0.6) is 5.75 Å². The third kappa shape index (κ3) is 5.19. The van der Waals surface area contributed by atoms with Gasteiger partial charge in [0.25, 0.3) is 0 Å². The van der Waals surface area contributed by atoms with Crippen molar-refractivity contribution in [3.05, 3.63) is 79.3 Å². The molecular formula is C35H33FN10O3. The van der Waals surface area contributed by atoms with Crippen LogP contribution < -0.4 is 15.0 Å². The number of hydrogen-bond acceptors (Lipinski definition) is 10. The molecule has 0 radical (unpaired) electrons. The van der Waals surface area contributed by atoms with Crippen LogP contribution >= 0.6 is 0 Å². The number of carbonyl (C=O) groups is 1. The van der Waals surface area contributed by atoms with E-state index in [4.69, 9.17) is 19.4 Å². The van der Waals surface area contributed by atoms with Crippen LogP contribution in [-0.4, -0.2) is 96.6 Å². The summed E-state index contributed by atoms with van der Waals surface area (Å²) in [7, 11) is 1.86. The number of likely N-dealkylation sites (N-methyl/N-ethyl adjacent to an activating group) is 1. The number of rotatable bonds is 4. The first kappa shape index (κ1) is 29.5. The maximum atomic E-state index is 14.3. The number of halogens is 1. The number of fused-ring (bicyclic) bond motifs is 6. The van der Waals surface area contributed by atoms with Crippen molar-refractivity contribution in [2.24, 2.45) is 0 Å². The molecule has 7 heterocycles. The normalized spacial score (nSPS) is 19.8. The first-order valence-electron chi connectivity index (χ1n) is 16.4. The first-order valence-corrected chi connectivity index (χ1v) is 16.4. The molecule has 3 aliphatic rings. The van der Waals surface area contributed by atoms with Gasteiger partial charge >= 0.3 is 0 Å². The van der Waals surface area contributed by atoms with E-state index in [9.17, 15) is 9.18 Å². The fourth-order valence-corrected chi connectivity index (χ4v) is 7.08. The van der Waals surface area contributed by atoms with Crippen molar-refractivity contribution in [1.29, 1.82) is 0 Å². The summed E-state index contributed by atoms with van der Waals surface area (Å²) in [5.74, 6) is 1.26. The van der Waals surface area contributed by atoms with E-state index in [0.29, 0.717) is 67.6 Å². The van der Waals surface area contributed by atoms with Crippen molar-refractivity contribution < 1.29 is 18.7 Å². The molecule has 13 nitrogen and oxygen atoms in total. The van der Waals surface area contributed by atoms with Gasteiger partial charge < -0.3 is 29.2 Å². The SMILES string of the molecule is CN1CCCn2cnc3cccc(c32)-c2cccc(n2)N[C@H]2C[C@@H](C1=O)N(c1ncnc3c1cnn3-c1ccc(F)cc1OC1COC1)C2. The van der Waals surface area contributed by atoms with Gasteiger partial charge in [-0.1, -0.05) is 18.2 Å². The van der Waals surface area contributed by atoms with Crippen molar-refractivity contribution in [1.82, 2.24) is 39.2 Å². The van der Waals surface area contributed by atoms with Gasteiger partial charge in [-0.3, -0.25) is 4.79 Å². The Morgan fingerprint density at radius 2 is 1.94 bits per heavy atom. The van der Waals surface area contributed by atoms with Crippen molar-refractivity contribution in [2.45, 2.75) is 37.6 Å². The van der Waals surface area contributed by atoms with Gasteiger partial charge in [-0.15, -0.1) is 0 Å². The quantitative estimate of drug-likeness (QED) is 0.296. The zero-order chi connectivity index (χ0) is 33.1. The second-order valence-electron chi connectivity index (χ2n) is 12.8. The summed E-state index contributed by atoms with van der Waals surface area (Å²) in [6.07, 6.45) is 6.17. The highest BCUT2D eigenvalue weighted by Gasteiger charge is 2.40. The van der Waals surface area contributed by atoms with Gasteiger partial charge in [0.05, 0.1) is 47.9 Å². The molecule has 2 aromatic carbocycles. The van der Waals surface area contributed by atoms with Gasteiger partial charge in [-0.05, 0) is 43.2 Å². The lowest BCUT2D eigenvalue weighted by Crippen LogP contribution is -2.45. The molecule has 9 rings (SSSR count). The van der Waals surface area contributed by atoms with Crippen molar-refractivity contribution >= 4 is 39.6 Å². The van der Waals surface area contributed by atoms with Crippen molar-refractivity contribution in [2.75, 3.05) is 43.6 Å². The van der Waals surface area contributed by atoms with Crippen LogP contribution in [0.2, 0.25) is 0 Å². The summed E-state index contributed by atoms with van der Waals surface area (Å²) in [6.45, 7) is 2.66. The number of pyridine rings is 1. The minimum atomic E-state index is -0.488. The second kappa shape index (κ2) is 11.8. The summed E-state index contributed by atoms with van der Waals surface area (Å²) in [5.41, 5.74) is 4.88. The standard InChI is InChI=1S/C35H33FN10O3/c1-43-11-4-12-44-20-39-27-7-2-5-24(32(27)44)26-6-3-8-31(42-26)41-22-14-29(35(43)47)45(16-22)33-25-15-40-46(34(25)38-19-37-33)28-10-9-21(36)13-30(28)49-23-17-48-18-23/h2-3,5-10,13,15,19-20,22-23,29H,4,11-12,14,16-18H2,1H3,(H,41,42)/t22-,29-/m0/s1. The number of nitrogens with zero attached hydrogens (tertiary/aromatic N) is 9. The molecule has 0 aliphatic carbocycles. The number of aryl methyl sites for hydroxylation is 1. The molecule has 1 N–H and O–H groups in total. The molecule has 0 spiro atoms. The van der Waals surface area contributed by atoms with E-state index < -0.39 is 11.9 Å². The molecule has 2 saturated heterocycles. The molecular weight excluding hydrogens is 627 g/mol. The molecule has 4 bridgehead atoms. The molecule has 1 amide bonds. The highest BCUT2D eigenvalue weighted by molar-refractivity contribution is 5.93. The number of benzene rings is 2. The van der Waals surface area contributed by atoms with Gasteiger partial charge in [-0.2, -0.15) is 5.10 Å². The molecule has 2 atom stereocenters. The first-order chi connectivity index (χ1) is 24.0. The molecule has 4 aromatic heterocycles. The third-order valence-electron chi connectivity index (χ3n) is 9.54. The minimum Gasteiger partial charge on any atom is -0.483 e. The minimum absolute atomic E-state index is 0.00755. The monoisotopic (exact) mass is 660 g/mol. The van der Waals surface area contributed by atoms with Crippen LogP contribution in [0.1, 0.15) is 12.8 Å². The third-order valence-corrected chi connectivity index (χ3v) is 9.54. The average molecular weight is 661 g/mol. The lowest BCUT2D eigenvalue weighted by atomic mass is 10.1. The Hall–Kier alpha value is -5.63. The van der Waals surface area contributed by atoms with Gasteiger partial charge in [-0.25, -0.2) is 29.0 Å². The number of anilines is 2. The molecule has 14 heteroatoms. The Bertz CT molecular complexity index is 2220. The van der Waals surface area contributed by atoms with Gasteiger partial charge in [0.2, 0.25) is 5.91 Å². The topological polar surface area (TPSA) is 128 Å². The van der Waals surface area contributed by atoms with Crippen LogP contribution in [0.25, 0.3) is 39.0 Å². The summed E-state index contributed by atoms with van der Waals surface area (Å²) < 4.78 is 29.4. The lowest BCUT2D eigenvalue weighted by Gasteiger charge is -2.29. The molecule has 0 unspecified atom stereocenters. The fraction of sp³-hybridized carbons (Fsp3) is 0.314. The Kier molecular flexibility index (Phi) is 7.11. The number of para-hydroxylation sites is 1. The van der Waals surface area contributed by atoms with E-state index in [2.05, 4.69) is 31.0 Å². The molecule has 2 fully saturated rings. The van der Waals surface area contributed by atoms with Gasteiger partial charge in [0.15, 0.2) is 5.65 Å². The lowest BCUT2D eigenvalue weighted by molar-refractivity contribution is -0.131. The van der Waals surface area contributed by atoms with E-state index in [-0.39, 0.29) is 18.1 Å². The number of imidazole rings is 1. The van der Waals surface area contributed by atoms with Crippen molar-refractivity contribution in [3.8, 4) is 22.7 Å². The van der Waals surface area contributed by atoms with Crippen LogP contribution in [0, 0.1) is 5.82 Å². The number of hydrogen-bond donors (Lipinski definition) is 1. The molecule has 49 heavy (non-hydrogen) atoms. The van der Waals surface area contributed by atoms with Crippen LogP contribution in [0.4, 0.5) is 16.0 Å².